The number of nitrogens with one attached hydrogen (secondary N) is 1. The molecule has 28 heavy (non-hydrogen) atoms. The molecule has 2 amide bonds. The summed E-state index contributed by atoms with van der Waals surface area (Å²) >= 11 is 0. The highest BCUT2D eigenvalue weighted by Gasteiger charge is 2.22. The molecule has 6 heteroatoms. The fourth-order valence-corrected chi connectivity index (χ4v) is 2.87. The van der Waals surface area contributed by atoms with Crippen molar-refractivity contribution >= 4 is 17.5 Å². The largest absolute Gasteiger partial charge is 0.360 e. The van der Waals surface area contributed by atoms with Crippen LogP contribution in [0.15, 0.2) is 53.1 Å². The number of aromatic nitrogens is 1. The second kappa shape index (κ2) is 8.08. The molecule has 144 valence electrons. The molecule has 0 aliphatic carbocycles. The van der Waals surface area contributed by atoms with E-state index in [2.05, 4.69) is 10.5 Å². The maximum absolute atomic E-state index is 13.0. The van der Waals surface area contributed by atoms with E-state index in [9.17, 15) is 9.59 Å². The molecule has 0 spiro atoms. The van der Waals surface area contributed by atoms with Gasteiger partial charge in [-0.1, -0.05) is 41.6 Å². The molecule has 0 fully saturated rings. The number of anilines is 1. The Morgan fingerprint density at radius 3 is 2.50 bits per heavy atom. The molecule has 1 N–H and O–H groups in total. The van der Waals surface area contributed by atoms with Gasteiger partial charge >= 0.3 is 0 Å². The second-order valence-electron chi connectivity index (χ2n) is 6.63. The number of hydrogen-bond acceptors (Lipinski definition) is 4. The van der Waals surface area contributed by atoms with E-state index in [-0.39, 0.29) is 11.8 Å². The molecular weight excluding hydrogens is 354 g/mol. The number of amides is 2. The van der Waals surface area contributed by atoms with Crippen LogP contribution in [-0.4, -0.2) is 35.5 Å². The van der Waals surface area contributed by atoms with Crippen molar-refractivity contribution in [3.8, 4) is 11.3 Å². The molecule has 3 rings (SSSR count). The molecule has 0 radical (unpaired) electrons. The van der Waals surface area contributed by atoms with Crippen LogP contribution in [0.1, 0.15) is 39.0 Å². The van der Waals surface area contributed by atoms with Crippen LogP contribution in [0, 0.1) is 13.8 Å². The fourth-order valence-electron chi connectivity index (χ4n) is 2.87. The Bertz CT molecular complexity index is 1010. The van der Waals surface area contributed by atoms with Crippen LogP contribution in [0.3, 0.4) is 0 Å². The van der Waals surface area contributed by atoms with Gasteiger partial charge in [0.15, 0.2) is 0 Å². The van der Waals surface area contributed by atoms with Crippen molar-refractivity contribution in [2.75, 3.05) is 18.9 Å². The molecule has 3 aromatic rings. The lowest BCUT2D eigenvalue weighted by Crippen LogP contribution is -2.26. The average Bonchev–Trinajstić information content (AvgIpc) is 3.10. The summed E-state index contributed by atoms with van der Waals surface area (Å²) < 4.78 is 5.28. The van der Waals surface area contributed by atoms with E-state index in [0.29, 0.717) is 34.8 Å². The third-order valence-corrected chi connectivity index (χ3v) is 4.69. The molecular formula is C22H23N3O3. The Morgan fingerprint density at radius 1 is 1.11 bits per heavy atom. The number of aryl methyl sites for hydroxylation is 2. The summed E-state index contributed by atoms with van der Waals surface area (Å²) in [6, 6.07) is 14.7. The molecule has 0 atom stereocenters. The van der Waals surface area contributed by atoms with Crippen molar-refractivity contribution in [3.63, 3.8) is 0 Å². The van der Waals surface area contributed by atoms with Crippen molar-refractivity contribution in [1.82, 2.24) is 10.1 Å². The van der Waals surface area contributed by atoms with E-state index in [4.69, 9.17) is 4.52 Å². The van der Waals surface area contributed by atoms with Crippen molar-refractivity contribution in [3.05, 3.63) is 71.0 Å². The SMILES string of the molecule is CCN(C)C(=O)c1ccc(C)c(NC(=O)c2c(-c3ccccc3)noc2C)c1. The van der Waals surface area contributed by atoms with Gasteiger partial charge < -0.3 is 14.7 Å². The van der Waals surface area contributed by atoms with E-state index >= 15 is 0 Å². The van der Waals surface area contributed by atoms with Crippen molar-refractivity contribution in [1.29, 1.82) is 0 Å². The Balaban J connectivity index is 1.93. The molecule has 1 aromatic heterocycles. The minimum Gasteiger partial charge on any atom is -0.360 e. The minimum absolute atomic E-state index is 0.0934. The maximum Gasteiger partial charge on any atom is 0.261 e. The van der Waals surface area contributed by atoms with Crippen LogP contribution in [0.25, 0.3) is 11.3 Å². The zero-order valence-electron chi connectivity index (χ0n) is 16.4. The summed E-state index contributed by atoms with van der Waals surface area (Å²) in [5.74, 6) is 0.0187. The van der Waals surface area contributed by atoms with Gasteiger partial charge in [-0.05, 0) is 38.5 Å². The van der Waals surface area contributed by atoms with Gasteiger partial charge in [-0.25, -0.2) is 0 Å². The van der Waals surface area contributed by atoms with Crippen LogP contribution in [-0.2, 0) is 0 Å². The van der Waals surface area contributed by atoms with Gasteiger partial charge in [0.1, 0.15) is 17.0 Å². The van der Waals surface area contributed by atoms with Crippen LogP contribution < -0.4 is 5.32 Å². The quantitative estimate of drug-likeness (QED) is 0.719. The molecule has 0 aliphatic rings. The van der Waals surface area contributed by atoms with Crippen molar-refractivity contribution in [2.24, 2.45) is 0 Å². The highest BCUT2D eigenvalue weighted by Crippen LogP contribution is 2.27. The van der Waals surface area contributed by atoms with Crippen LogP contribution in [0.2, 0.25) is 0 Å². The first-order valence-corrected chi connectivity index (χ1v) is 9.11. The zero-order valence-corrected chi connectivity index (χ0v) is 16.4. The molecule has 1 heterocycles. The van der Waals surface area contributed by atoms with Gasteiger partial charge in [-0.15, -0.1) is 0 Å². The highest BCUT2D eigenvalue weighted by atomic mass is 16.5. The molecule has 0 unspecified atom stereocenters. The lowest BCUT2D eigenvalue weighted by atomic mass is 10.0. The van der Waals surface area contributed by atoms with Crippen LogP contribution in [0.5, 0.6) is 0 Å². The normalized spacial score (nSPS) is 10.6. The topological polar surface area (TPSA) is 75.4 Å². The minimum atomic E-state index is -0.325. The lowest BCUT2D eigenvalue weighted by molar-refractivity contribution is 0.0802. The predicted molar refractivity (Wildman–Crippen MR) is 108 cm³/mol. The molecule has 0 bridgehead atoms. The monoisotopic (exact) mass is 377 g/mol. The zero-order chi connectivity index (χ0) is 20.3. The summed E-state index contributed by atoms with van der Waals surface area (Å²) in [7, 11) is 1.74. The molecule has 0 saturated carbocycles. The van der Waals surface area contributed by atoms with E-state index < -0.39 is 0 Å². The summed E-state index contributed by atoms with van der Waals surface area (Å²) in [6.45, 7) is 6.10. The third-order valence-electron chi connectivity index (χ3n) is 4.69. The van der Waals surface area contributed by atoms with E-state index in [1.54, 1.807) is 31.0 Å². The predicted octanol–water partition coefficient (Wildman–Crippen LogP) is 4.30. The number of carbonyl (C=O) groups is 2. The van der Waals surface area contributed by atoms with Crippen molar-refractivity contribution < 1.29 is 14.1 Å². The lowest BCUT2D eigenvalue weighted by Gasteiger charge is -2.16. The Kier molecular flexibility index (Phi) is 5.59. The number of rotatable bonds is 5. The van der Waals surface area contributed by atoms with Gasteiger partial charge in [0.25, 0.3) is 11.8 Å². The van der Waals surface area contributed by atoms with E-state index in [1.807, 2.05) is 50.2 Å². The fraction of sp³-hybridized carbons (Fsp3) is 0.227. The Labute approximate surface area is 164 Å². The van der Waals surface area contributed by atoms with Gasteiger partial charge in [-0.3, -0.25) is 9.59 Å². The first-order chi connectivity index (χ1) is 13.4. The smallest absolute Gasteiger partial charge is 0.261 e. The van der Waals surface area contributed by atoms with E-state index in [1.165, 1.54) is 0 Å². The summed E-state index contributed by atoms with van der Waals surface area (Å²) in [6.07, 6.45) is 0. The van der Waals surface area contributed by atoms with Gasteiger partial charge in [0.05, 0.1) is 0 Å². The molecule has 0 aliphatic heterocycles. The average molecular weight is 377 g/mol. The Morgan fingerprint density at radius 2 is 1.82 bits per heavy atom. The number of nitrogens with zero attached hydrogens (tertiary/aromatic N) is 2. The van der Waals surface area contributed by atoms with Crippen molar-refractivity contribution in [2.45, 2.75) is 20.8 Å². The standard InChI is InChI=1S/C22H23N3O3/c1-5-25(4)22(27)17-12-11-14(2)18(13-17)23-21(26)19-15(3)28-24-20(19)16-9-7-6-8-10-16/h6-13H,5H2,1-4H3,(H,23,26). The second-order valence-corrected chi connectivity index (χ2v) is 6.63. The summed E-state index contributed by atoms with van der Waals surface area (Å²) in [5.41, 5.74) is 3.64. The van der Waals surface area contributed by atoms with Gasteiger partial charge in [0.2, 0.25) is 0 Å². The van der Waals surface area contributed by atoms with Crippen LogP contribution in [0.4, 0.5) is 5.69 Å². The van der Waals surface area contributed by atoms with Gasteiger partial charge in [-0.2, -0.15) is 0 Å². The Hall–Kier alpha value is -3.41. The first kappa shape index (κ1) is 19.4. The maximum atomic E-state index is 13.0. The van der Waals surface area contributed by atoms with E-state index in [0.717, 1.165) is 11.1 Å². The molecule has 0 saturated heterocycles. The third kappa shape index (κ3) is 3.81. The highest BCUT2D eigenvalue weighted by molar-refractivity contribution is 6.09. The number of hydrogen-bond donors (Lipinski definition) is 1. The summed E-state index contributed by atoms with van der Waals surface area (Å²) in [5, 5.41) is 6.96. The number of carbonyl (C=O) groups excluding carboxylic acids is 2. The van der Waals surface area contributed by atoms with Crippen LogP contribution >= 0.6 is 0 Å². The molecule has 6 nitrogen and oxygen atoms in total. The summed E-state index contributed by atoms with van der Waals surface area (Å²) in [4.78, 5) is 27.1. The molecule has 2 aromatic carbocycles. The number of benzene rings is 2. The van der Waals surface area contributed by atoms with Gasteiger partial charge in [0, 0.05) is 30.4 Å². The first-order valence-electron chi connectivity index (χ1n) is 9.11.